The molecule has 8 heteroatoms. The van der Waals surface area contributed by atoms with Crippen molar-refractivity contribution in [3.8, 4) is 11.1 Å². The van der Waals surface area contributed by atoms with Crippen molar-refractivity contribution in [1.82, 2.24) is 19.7 Å². The summed E-state index contributed by atoms with van der Waals surface area (Å²) < 4.78 is 12.2. The van der Waals surface area contributed by atoms with Gasteiger partial charge in [-0.1, -0.05) is 6.07 Å². The van der Waals surface area contributed by atoms with Crippen molar-refractivity contribution in [3.05, 3.63) is 42.2 Å². The van der Waals surface area contributed by atoms with Gasteiger partial charge in [0.05, 0.1) is 37.9 Å². The van der Waals surface area contributed by atoms with Crippen LogP contribution in [0.3, 0.4) is 0 Å². The van der Waals surface area contributed by atoms with E-state index in [4.69, 9.17) is 20.3 Å². The van der Waals surface area contributed by atoms with E-state index in [-0.39, 0.29) is 11.4 Å². The lowest BCUT2D eigenvalue weighted by Crippen LogP contribution is -2.51. The fraction of sp³-hybridized carbons (Fsp3) is 0.409. The highest BCUT2D eigenvalue weighted by molar-refractivity contribution is 5.95. The Morgan fingerprint density at radius 3 is 2.67 bits per heavy atom. The lowest BCUT2D eigenvalue weighted by molar-refractivity contribution is -0.0734. The van der Waals surface area contributed by atoms with Crippen LogP contribution in [0.1, 0.15) is 29.2 Å². The summed E-state index contributed by atoms with van der Waals surface area (Å²) in [5.41, 5.74) is 8.83. The number of benzene rings is 1. The fourth-order valence-electron chi connectivity index (χ4n) is 4.27. The zero-order chi connectivity index (χ0) is 20.7. The Balaban J connectivity index is 1.37. The second-order valence-electron chi connectivity index (χ2n) is 7.99. The van der Waals surface area contributed by atoms with E-state index in [1.165, 1.54) is 7.11 Å². The van der Waals surface area contributed by atoms with Gasteiger partial charge in [-0.25, -0.2) is 9.78 Å². The molecular formula is C22H25N5O3. The first-order chi connectivity index (χ1) is 14.6. The number of likely N-dealkylation sites (tertiary alicyclic amines) is 1. The maximum atomic E-state index is 11.9. The third-order valence-electron chi connectivity index (χ3n) is 6.19. The molecule has 156 valence electrons. The second-order valence-corrected chi connectivity index (χ2v) is 7.99. The van der Waals surface area contributed by atoms with Crippen LogP contribution in [0.2, 0.25) is 0 Å². The molecule has 2 aliphatic rings. The molecule has 0 radical (unpaired) electrons. The average Bonchev–Trinajstić information content (AvgIpc) is 3.16. The van der Waals surface area contributed by atoms with E-state index in [2.05, 4.69) is 26.8 Å². The van der Waals surface area contributed by atoms with Crippen molar-refractivity contribution in [2.75, 3.05) is 39.1 Å². The van der Waals surface area contributed by atoms with Crippen molar-refractivity contribution in [1.29, 1.82) is 0 Å². The van der Waals surface area contributed by atoms with Gasteiger partial charge in [0.15, 0.2) is 0 Å². The highest BCUT2D eigenvalue weighted by Crippen LogP contribution is 2.29. The molecule has 5 rings (SSSR count). The molecule has 4 heterocycles. The Morgan fingerprint density at radius 2 is 1.97 bits per heavy atom. The van der Waals surface area contributed by atoms with Gasteiger partial charge in [-0.2, -0.15) is 5.10 Å². The molecule has 3 aromatic rings. The minimum Gasteiger partial charge on any atom is -0.465 e. The van der Waals surface area contributed by atoms with Gasteiger partial charge in [0.1, 0.15) is 11.4 Å². The van der Waals surface area contributed by atoms with Crippen LogP contribution in [0.4, 0.5) is 5.82 Å². The van der Waals surface area contributed by atoms with Crippen molar-refractivity contribution in [2.24, 2.45) is 0 Å². The number of nitrogen functional groups attached to an aromatic ring is 1. The first kappa shape index (κ1) is 19.0. The van der Waals surface area contributed by atoms with Gasteiger partial charge in [0, 0.05) is 36.4 Å². The van der Waals surface area contributed by atoms with Crippen LogP contribution in [0.15, 0.2) is 36.7 Å². The number of hydrogen-bond acceptors (Lipinski definition) is 7. The largest absolute Gasteiger partial charge is 0.465 e. The molecule has 0 spiro atoms. The number of carbonyl (C=O) groups excluding carboxylic acids is 1. The van der Waals surface area contributed by atoms with E-state index in [1.807, 2.05) is 12.1 Å². The maximum Gasteiger partial charge on any atom is 0.341 e. The van der Waals surface area contributed by atoms with Crippen LogP contribution >= 0.6 is 0 Å². The fourth-order valence-corrected chi connectivity index (χ4v) is 4.27. The summed E-state index contributed by atoms with van der Waals surface area (Å²) in [6.45, 7) is 3.93. The molecule has 1 aromatic carbocycles. The summed E-state index contributed by atoms with van der Waals surface area (Å²) in [6, 6.07) is 8.83. The van der Waals surface area contributed by atoms with Gasteiger partial charge in [0.25, 0.3) is 0 Å². The van der Waals surface area contributed by atoms with E-state index < -0.39 is 5.97 Å². The SMILES string of the molecule is COC(=O)c1cc(-c2ccc3nn(C4CCN(C5COC5)CC4)cc3c2)cnc1N. The molecule has 0 aliphatic carbocycles. The Labute approximate surface area is 174 Å². The van der Waals surface area contributed by atoms with Gasteiger partial charge >= 0.3 is 5.97 Å². The predicted octanol–water partition coefficient (Wildman–Crippen LogP) is 2.50. The summed E-state index contributed by atoms with van der Waals surface area (Å²) in [5, 5.41) is 5.88. The minimum atomic E-state index is -0.490. The Bertz CT molecular complexity index is 1080. The third-order valence-corrected chi connectivity index (χ3v) is 6.19. The highest BCUT2D eigenvalue weighted by Gasteiger charge is 2.30. The van der Waals surface area contributed by atoms with Gasteiger partial charge in [0.2, 0.25) is 0 Å². The number of nitrogens with zero attached hydrogens (tertiary/aromatic N) is 4. The summed E-state index contributed by atoms with van der Waals surface area (Å²) in [4.78, 5) is 18.6. The van der Waals surface area contributed by atoms with Crippen LogP contribution in [-0.2, 0) is 9.47 Å². The molecule has 2 fully saturated rings. The molecule has 8 nitrogen and oxygen atoms in total. The monoisotopic (exact) mass is 407 g/mol. The van der Waals surface area contributed by atoms with Crippen LogP contribution in [0.25, 0.3) is 22.0 Å². The van der Waals surface area contributed by atoms with Crippen LogP contribution < -0.4 is 5.73 Å². The summed E-state index contributed by atoms with van der Waals surface area (Å²) in [5.74, 6) is -0.324. The lowest BCUT2D eigenvalue weighted by Gasteiger charge is -2.41. The Kier molecular flexibility index (Phi) is 4.88. The number of nitrogens with two attached hydrogens (primary N) is 1. The second kappa shape index (κ2) is 7.70. The van der Waals surface area contributed by atoms with E-state index in [1.54, 1.807) is 12.3 Å². The van der Waals surface area contributed by atoms with E-state index >= 15 is 0 Å². The van der Waals surface area contributed by atoms with E-state index in [0.717, 1.165) is 61.2 Å². The predicted molar refractivity (Wildman–Crippen MR) is 113 cm³/mol. The summed E-state index contributed by atoms with van der Waals surface area (Å²) >= 11 is 0. The minimum absolute atomic E-state index is 0.166. The van der Waals surface area contributed by atoms with Crippen LogP contribution in [0.5, 0.6) is 0 Å². The van der Waals surface area contributed by atoms with Crippen LogP contribution in [0, 0.1) is 0 Å². The number of rotatable bonds is 4. The van der Waals surface area contributed by atoms with Crippen molar-refractivity contribution < 1.29 is 14.3 Å². The standard InChI is InChI=1S/C22H25N5O3/c1-29-22(28)19-9-15(10-24-21(19)23)14-2-3-20-16(8-14)11-27(25-20)17-4-6-26(7-5-17)18-12-30-13-18/h2-3,8-11,17-18H,4-7,12-13H2,1H3,(H2,23,24). The number of ether oxygens (including phenoxy) is 2. The quantitative estimate of drug-likeness (QED) is 0.664. The Morgan fingerprint density at radius 1 is 1.17 bits per heavy atom. The number of fused-ring (bicyclic) bond motifs is 1. The number of carbonyl (C=O) groups is 1. The topological polar surface area (TPSA) is 95.5 Å². The molecule has 0 saturated carbocycles. The Hall–Kier alpha value is -2.97. The summed E-state index contributed by atoms with van der Waals surface area (Å²) in [7, 11) is 1.33. The number of pyridine rings is 1. The number of esters is 1. The van der Waals surface area contributed by atoms with Crippen molar-refractivity contribution in [3.63, 3.8) is 0 Å². The van der Waals surface area contributed by atoms with Crippen LogP contribution in [-0.4, -0.2) is 65.1 Å². The first-order valence-electron chi connectivity index (χ1n) is 10.3. The van der Waals surface area contributed by atoms with Gasteiger partial charge in [-0.15, -0.1) is 0 Å². The zero-order valence-corrected chi connectivity index (χ0v) is 17.0. The van der Waals surface area contributed by atoms with E-state index in [9.17, 15) is 4.79 Å². The number of hydrogen-bond donors (Lipinski definition) is 1. The molecule has 2 saturated heterocycles. The molecule has 0 atom stereocenters. The molecule has 0 amide bonds. The van der Waals surface area contributed by atoms with E-state index in [0.29, 0.717) is 12.1 Å². The smallest absolute Gasteiger partial charge is 0.341 e. The van der Waals surface area contributed by atoms with Gasteiger partial charge in [-0.05, 0) is 36.6 Å². The number of aromatic nitrogens is 3. The molecule has 0 bridgehead atoms. The number of methoxy groups -OCH3 is 1. The molecular weight excluding hydrogens is 382 g/mol. The highest BCUT2D eigenvalue weighted by atomic mass is 16.5. The summed E-state index contributed by atoms with van der Waals surface area (Å²) in [6.07, 6.45) is 5.99. The average molecular weight is 407 g/mol. The lowest BCUT2D eigenvalue weighted by atomic mass is 10.0. The third kappa shape index (κ3) is 3.42. The normalized spacial score (nSPS) is 18.4. The molecule has 2 N–H and O–H groups in total. The van der Waals surface area contributed by atoms with Gasteiger partial charge < -0.3 is 15.2 Å². The molecule has 0 unspecified atom stereocenters. The number of piperidine rings is 1. The number of anilines is 1. The zero-order valence-electron chi connectivity index (χ0n) is 17.0. The molecule has 2 aliphatic heterocycles. The van der Waals surface area contributed by atoms with Gasteiger partial charge in [-0.3, -0.25) is 9.58 Å². The van der Waals surface area contributed by atoms with Crippen molar-refractivity contribution >= 4 is 22.7 Å². The van der Waals surface area contributed by atoms with Crippen molar-refractivity contribution in [2.45, 2.75) is 24.9 Å². The maximum absolute atomic E-state index is 11.9. The first-order valence-corrected chi connectivity index (χ1v) is 10.3. The molecule has 2 aromatic heterocycles. The molecule has 30 heavy (non-hydrogen) atoms.